The van der Waals surface area contributed by atoms with Gasteiger partial charge in [-0.2, -0.15) is 5.10 Å². The van der Waals surface area contributed by atoms with Crippen LogP contribution in [0.25, 0.3) is 16.6 Å². The maximum absolute atomic E-state index is 13.2. The van der Waals surface area contributed by atoms with Crippen LogP contribution < -0.4 is 5.32 Å². The van der Waals surface area contributed by atoms with Gasteiger partial charge in [0.1, 0.15) is 5.82 Å². The third kappa shape index (κ3) is 3.77. The Kier molecular flexibility index (Phi) is 5.26. The standard InChI is InChI=1S/C23H18FN3O3/c1-30-23(29)16-7-5-15(6-8-16)13-25-22(28)19-3-2-4-21-20(19)14-26-27(21)18-11-9-17(24)10-12-18/h2-12,14H,13H2,1H3,(H,25,28). The number of hydrogen-bond donors (Lipinski definition) is 1. The van der Waals surface area contributed by atoms with Crippen molar-refractivity contribution in [2.75, 3.05) is 7.11 Å². The Hall–Kier alpha value is -4.00. The van der Waals surface area contributed by atoms with Crippen LogP contribution in [0.5, 0.6) is 0 Å². The molecular formula is C23H18FN3O3. The summed E-state index contributed by atoms with van der Waals surface area (Å²) in [5.41, 5.74) is 3.24. The van der Waals surface area contributed by atoms with E-state index in [9.17, 15) is 14.0 Å². The van der Waals surface area contributed by atoms with Crippen LogP contribution in [0.15, 0.2) is 72.9 Å². The molecule has 4 aromatic rings. The van der Waals surface area contributed by atoms with Crippen molar-refractivity contribution in [1.82, 2.24) is 15.1 Å². The average Bonchev–Trinajstić information content (AvgIpc) is 3.22. The van der Waals surface area contributed by atoms with Crippen LogP contribution in [0, 0.1) is 5.82 Å². The lowest BCUT2D eigenvalue weighted by atomic mass is 10.1. The molecular weight excluding hydrogens is 385 g/mol. The van der Waals surface area contributed by atoms with Crippen molar-refractivity contribution in [3.63, 3.8) is 0 Å². The lowest BCUT2D eigenvalue weighted by Gasteiger charge is -2.08. The van der Waals surface area contributed by atoms with Gasteiger partial charge in [0.15, 0.2) is 0 Å². The SMILES string of the molecule is COC(=O)c1ccc(CNC(=O)c2cccc3c2cnn3-c2ccc(F)cc2)cc1. The minimum absolute atomic E-state index is 0.240. The normalized spacial score (nSPS) is 10.7. The number of esters is 1. The second kappa shape index (κ2) is 8.16. The Balaban J connectivity index is 1.54. The number of ether oxygens (including phenoxy) is 1. The van der Waals surface area contributed by atoms with Gasteiger partial charge in [-0.25, -0.2) is 13.9 Å². The monoisotopic (exact) mass is 403 g/mol. The third-order valence-corrected chi connectivity index (χ3v) is 4.76. The quantitative estimate of drug-likeness (QED) is 0.513. The predicted octanol–water partition coefficient (Wildman–Crippen LogP) is 3.88. The van der Waals surface area contributed by atoms with Crippen molar-refractivity contribution in [2.24, 2.45) is 0 Å². The van der Waals surface area contributed by atoms with E-state index in [4.69, 9.17) is 0 Å². The highest BCUT2D eigenvalue weighted by molar-refractivity contribution is 6.06. The van der Waals surface area contributed by atoms with Crippen molar-refractivity contribution >= 4 is 22.8 Å². The molecule has 1 amide bonds. The summed E-state index contributed by atoms with van der Waals surface area (Å²) in [6, 6.07) is 18.2. The first-order valence-electron chi connectivity index (χ1n) is 9.25. The van der Waals surface area contributed by atoms with Gasteiger partial charge >= 0.3 is 5.97 Å². The molecule has 150 valence electrons. The maximum atomic E-state index is 13.2. The lowest BCUT2D eigenvalue weighted by Crippen LogP contribution is -2.23. The van der Waals surface area contributed by atoms with Gasteiger partial charge in [0.25, 0.3) is 5.91 Å². The number of amides is 1. The average molecular weight is 403 g/mol. The Morgan fingerprint density at radius 1 is 1.03 bits per heavy atom. The van der Waals surface area contributed by atoms with Gasteiger partial charge in [-0.05, 0) is 54.1 Å². The minimum Gasteiger partial charge on any atom is -0.465 e. The Labute approximate surface area is 171 Å². The molecule has 7 heteroatoms. The number of carbonyl (C=O) groups excluding carboxylic acids is 2. The van der Waals surface area contributed by atoms with Gasteiger partial charge in [-0.1, -0.05) is 18.2 Å². The summed E-state index contributed by atoms with van der Waals surface area (Å²) >= 11 is 0. The van der Waals surface area contributed by atoms with E-state index in [-0.39, 0.29) is 11.7 Å². The van der Waals surface area contributed by atoms with Crippen LogP contribution >= 0.6 is 0 Å². The van der Waals surface area contributed by atoms with Crippen molar-refractivity contribution in [2.45, 2.75) is 6.54 Å². The number of nitrogens with zero attached hydrogens (tertiary/aromatic N) is 2. The summed E-state index contributed by atoms with van der Waals surface area (Å²) in [6.45, 7) is 0.308. The van der Waals surface area contributed by atoms with Gasteiger partial charge in [0.2, 0.25) is 0 Å². The highest BCUT2D eigenvalue weighted by atomic mass is 19.1. The van der Waals surface area contributed by atoms with Gasteiger partial charge in [0, 0.05) is 11.9 Å². The van der Waals surface area contributed by atoms with Gasteiger partial charge in [-0.3, -0.25) is 4.79 Å². The molecule has 0 fully saturated rings. The molecule has 6 nitrogen and oxygen atoms in total. The summed E-state index contributed by atoms with van der Waals surface area (Å²) in [6.07, 6.45) is 1.62. The molecule has 1 aromatic heterocycles. The number of benzene rings is 3. The molecule has 0 spiro atoms. The smallest absolute Gasteiger partial charge is 0.337 e. The maximum Gasteiger partial charge on any atom is 0.337 e. The molecule has 0 atom stereocenters. The molecule has 30 heavy (non-hydrogen) atoms. The minimum atomic E-state index is -0.407. The number of nitrogens with one attached hydrogen (secondary N) is 1. The molecule has 0 saturated carbocycles. The zero-order valence-corrected chi connectivity index (χ0v) is 16.1. The third-order valence-electron chi connectivity index (χ3n) is 4.76. The summed E-state index contributed by atoms with van der Waals surface area (Å²) in [7, 11) is 1.33. The van der Waals surface area contributed by atoms with E-state index >= 15 is 0 Å². The summed E-state index contributed by atoms with van der Waals surface area (Å²) < 4.78 is 19.6. The Bertz CT molecular complexity index is 1210. The summed E-state index contributed by atoms with van der Waals surface area (Å²) in [5.74, 6) is -0.971. The predicted molar refractivity (Wildman–Crippen MR) is 110 cm³/mol. The molecule has 0 saturated heterocycles. The number of methoxy groups -OCH3 is 1. The summed E-state index contributed by atoms with van der Waals surface area (Å²) in [4.78, 5) is 24.3. The molecule has 0 aliphatic heterocycles. The largest absolute Gasteiger partial charge is 0.465 e. The first-order chi connectivity index (χ1) is 14.6. The number of hydrogen-bond acceptors (Lipinski definition) is 4. The Morgan fingerprint density at radius 2 is 1.77 bits per heavy atom. The topological polar surface area (TPSA) is 73.2 Å². The first kappa shape index (κ1) is 19.3. The fourth-order valence-electron chi connectivity index (χ4n) is 3.19. The Morgan fingerprint density at radius 3 is 2.47 bits per heavy atom. The van der Waals surface area contributed by atoms with Crippen LogP contribution in [0.2, 0.25) is 0 Å². The van der Waals surface area contributed by atoms with E-state index in [1.54, 1.807) is 59.4 Å². The highest BCUT2D eigenvalue weighted by Crippen LogP contribution is 2.22. The fraction of sp³-hybridized carbons (Fsp3) is 0.0870. The molecule has 1 heterocycles. The lowest BCUT2D eigenvalue weighted by molar-refractivity contribution is 0.0600. The van der Waals surface area contributed by atoms with Crippen LogP contribution in [0.4, 0.5) is 4.39 Å². The molecule has 0 radical (unpaired) electrons. The van der Waals surface area contributed by atoms with Crippen molar-refractivity contribution < 1.29 is 18.7 Å². The van der Waals surface area contributed by atoms with E-state index in [1.807, 2.05) is 6.07 Å². The van der Waals surface area contributed by atoms with Gasteiger partial charge < -0.3 is 10.1 Å². The van der Waals surface area contributed by atoms with Crippen LogP contribution in [0.1, 0.15) is 26.3 Å². The van der Waals surface area contributed by atoms with Crippen LogP contribution in [-0.2, 0) is 11.3 Å². The fourth-order valence-corrected chi connectivity index (χ4v) is 3.19. The number of halogens is 1. The van der Waals surface area contributed by atoms with E-state index in [0.29, 0.717) is 28.7 Å². The highest BCUT2D eigenvalue weighted by Gasteiger charge is 2.14. The molecule has 4 rings (SSSR count). The molecule has 0 aliphatic rings. The summed E-state index contributed by atoms with van der Waals surface area (Å²) in [5, 5.41) is 7.94. The van der Waals surface area contributed by atoms with Crippen molar-refractivity contribution in [3.05, 3.63) is 95.4 Å². The zero-order chi connectivity index (χ0) is 21.1. The number of fused-ring (bicyclic) bond motifs is 1. The van der Waals surface area contributed by atoms with Crippen molar-refractivity contribution in [3.8, 4) is 5.69 Å². The van der Waals surface area contributed by atoms with Crippen LogP contribution in [0.3, 0.4) is 0 Å². The van der Waals surface area contributed by atoms with E-state index in [2.05, 4.69) is 15.2 Å². The van der Waals surface area contributed by atoms with E-state index in [0.717, 1.165) is 11.1 Å². The second-order valence-electron chi connectivity index (χ2n) is 6.64. The molecule has 3 aromatic carbocycles. The molecule has 0 aliphatic carbocycles. The van der Waals surface area contributed by atoms with Gasteiger partial charge in [-0.15, -0.1) is 0 Å². The van der Waals surface area contributed by atoms with E-state index < -0.39 is 5.97 Å². The van der Waals surface area contributed by atoms with Gasteiger partial charge in [0.05, 0.1) is 35.6 Å². The van der Waals surface area contributed by atoms with Crippen molar-refractivity contribution in [1.29, 1.82) is 0 Å². The van der Waals surface area contributed by atoms with E-state index in [1.165, 1.54) is 19.2 Å². The molecule has 0 unspecified atom stereocenters. The number of carbonyl (C=O) groups is 2. The van der Waals surface area contributed by atoms with Crippen LogP contribution in [-0.4, -0.2) is 28.8 Å². The second-order valence-corrected chi connectivity index (χ2v) is 6.64. The zero-order valence-electron chi connectivity index (χ0n) is 16.1. The first-order valence-corrected chi connectivity index (χ1v) is 9.25. The molecule has 0 bridgehead atoms. The molecule has 1 N–H and O–H groups in total. The number of rotatable bonds is 5. The number of aromatic nitrogens is 2.